The Kier molecular flexibility index (Phi) is 7.03. The number of sulfonamides is 1. The quantitative estimate of drug-likeness (QED) is 0.429. The second-order valence-corrected chi connectivity index (χ2v) is 15.2. The maximum Gasteiger partial charge on any atom is 0.258 e. The number of nitrogens with two attached hydrogens (primary N) is 1. The van der Waals surface area contributed by atoms with E-state index < -0.39 is 29.0 Å². The Morgan fingerprint density at radius 1 is 0.848 bits per heavy atom. The van der Waals surface area contributed by atoms with Crippen molar-refractivity contribution in [1.82, 2.24) is 0 Å². The first-order valence-electron chi connectivity index (χ1n) is 11.0. The van der Waals surface area contributed by atoms with E-state index in [-0.39, 0.29) is 4.90 Å². The van der Waals surface area contributed by atoms with Gasteiger partial charge in [-0.2, -0.15) is 0 Å². The SMILES string of the molecule is CC(C)(O)c1ccc(S(N)(=O)=O)cc1CCC(C)(C)[Si](O)(c1ccccc1)c1ccccc1. The number of hydrogen-bond donors (Lipinski definition) is 3. The van der Waals surface area contributed by atoms with E-state index in [0.29, 0.717) is 24.0 Å². The molecule has 0 aromatic heterocycles. The number of benzene rings is 3. The Morgan fingerprint density at radius 3 is 1.76 bits per heavy atom. The van der Waals surface area contributed by atoms with Crippen LogP contribution in [0.1, 0.15) is 45.2 Å². The molecule has 0 spiro atoms. The van der Waals surface area contributed by atoms with Gasteiger partial charge in [0.1, 0.15) is 0 Å². The van der Waals surface area contributed by atoms with Crippen LogP contribution in [0.5, 0.6) is 0 Å². The van der Waals surface area contributed by atoms with Crippen molar-refractivity contribution in [3.8, 4) is 0 Å². The summed E-state index contributed by atoms with van der Waals surface area (Å²) < 4.78 is 23.9. The molecule has 4 N–H and O–H groups in total. The average molecular weight is 484 g/mol. The third kappa shape index (κ3) is 5.28. The summed E-state index contributed by atoms with van der Waals surface area (Å²) in [5, 5.41) is 17.4. The second kappa shape index (κ2) is 9.16. The lowest BCUT2D eigenvalue weighted by Gasteiger charge is -2.41. The average Bonchev–Trinajstić information content (AvgIpc) is 2.77. The minimum atomic E-state index is -3.88. The predicted octanol–water partition coefficient (Wildman–Crippen LogP) is 3.03. The molecule has 0 unspecified atom stereocenters. The summed E-state index contributed by atoms with van der Waals surface area (Å²) in [5.41, 5.74) is 0.207. The fourth-order valence-electron chi connectivity index (χ4n) is 4.49. The third-order valence-electron chi connectivity index (χ3n) is 6.45. The standard InChI is InChI=1S/C26H33NO4SSi/c1-25(2,33(31,22-11-7-5-8-12-22)23-13-9-6-10-14-23)18-17-20-19-21(32(27,29)30)15-16-24(20)26(3,4)28/h5-16,19,28,31H,17-18H2,1-4H3,(H2,27,29,30). The molecule has 0 bridgehead atoms. The molecule has 5 nitrogen and oxygen atoms in total. The number of rotatable bonds is 8. The monoisotopic (exact) mass is 483 g/mol. The minimum Gasteiger partial charge on any atom is -0.424 e. The van der Waals surface area contributed by atoms with E-state index in [1.54, 1.807) is 26.0 Å². The van der Waals surface area contributed by atoms with Crippen molar-refractivity contribution >= 4 is 28.7 Å². The van der Waals surface area contributed by atoms with Crippen LogP contribution in [0.4, 0.5) is 0 Å². The molecule has 0 heterocycles. The first-order chi connectivity index (χ1) is 15.3. The van der Waals surface area contributed by atoms with E-state index in [1.807, 2.05) is 60.7 Å². The highest BCUT2D eigenvalue weighted by Gasteiger charge is 2.49. The van der Waals surface area contributed by atoms with Crippen LogP contribution >= 0.6 is 0 Å². The van der Waals surface area contributed by atoms with Gasteiger partial charge < -0.3 is 9.90 Å². The molecule has 0 aliphatic carbocycles. The van der Waals surface area contributed by atoms with Crippen molar-refractivity contribution < 1.29 is 18.3 Å². The number of aliphatic hydroxyl groups is 1. The van der Waals surface area contributed by atoms with Crippen molar-refractivity contribution in [1.29, 1.82) is 0 Å². The highest BCUT2D eigenvalue weighted by molar-refractivity contribution is 7.89. The molecule has 0 atom stereocenters. The Morgan fingerprint density at radius 2 is 1.33 bits per heavy atom. The largest absolute Gasteiger partial charge is 0.424 e. The van der Waals surface area contributed by atoms with Gasteiger partial charge in [-0.05, 0) is 65.4 Å². The van der Waals surface area contributed by atoms with Gasteiger partial charge in [0, 0.05) is 0 Å². The zero-order valence-corrected chi connectivity index (χ0v) is 21.4. The fraction of sp³-hybridized carbons (Fsp3) is 0.308. The normalized spacial score (nSPS) is 13.2. The first kappa shape index (κ1) is 25.3. The van der Waals surface area contributed by atoms with E-state index >= 15 is 0 Å². The van der Waals surface area contributed by atoms with Crippen LogP contribution in [0, 0.1) is 0 Å². The summed E-state index contributed by atoms with van der Waals surface area (Å²) in [7, 11) is -7.08. The number of aryl methyl sites for hydroxylation is 1. The van der Waals surface area contributed by atoms with Crippen LogP contribution in [-0.2, 0) is 22.0 Å². The maximum absolute atomic E-state index is 12.3. The van der Waals surface area contributed by atoms with Gasteiger partial charge in [-0.3, -0.25) is 0 Å². The third-order valence-corrected chi connectivity index (χ3v) is 11.9. The number of primary sulfonamides is 1. The summed E-state index contributed by atoms with van der Waals surface area (Å²) >= 11 is 0. The van der Waals surface area contributed by atoms with E-state index in [0.717, 1.165) is 10.4 Å². The molecule has 176 valence electrons. The molecule has 7 heteroatoms. The van der Waals surface area contributed by atoms with E-state index in [2.05, 4.69) is 13.8 Å². The molecule has 0 saturated heterocycles. The van der Waals surface area contributed by atoms with E-state index in [1.165, 1.54) is 6.07 Å². The van der Waals surface area contributed by atoms with Gasteiger partial charge in [-0.1, -0.05) is 80.6 Å². The molecular formula is C26H33NO4SSi. The molecule has 3 aromatic rings. The van der Waals surface area contributed by atoms with Gasteiger partial charge in [0.05, 0.1) is 10.5 Å². The summed E-state index contributed by atoms with van der Waals surface area (Å²) in [6, 6.07) is 24.1. The minimum absolute atomic E-state index is 0.0157. The lowest BCUT2D eigenvalue weighted by Crippen LogP contribution is -2.65. The molecule has 3 aromatic carbocycles. The van der Waals surface area contributed by atoms with Crippen molar-refractivity contribution in [2.75, 3.05) is 0 Å². The van der Waals surface area contributed by atoms with Gasteiger partial charge >= 0.3 is 0 Å². The molecule has 3 rings (SSSR count). The summed E-state index contributed by atoms with van der Waals surface area (Å²) in [6.45, 7) is 7.47. The Balaban J connectivity index is 2.06. The molecule has 0 amide bonds. The van der Waals surface area contributed by atoms with Gasteiger partial charge in [0.25, 0.3) is 8.32 Å². The highest BCUT2D eigenvalue weighted by atomic mass is 32.2. The summed E-state index contributed by atoms with van der Waals surface area (Å²) in [6.07, 6.45) is 1.06. The highest BCUT2D eigenvalue weighted by Crippen LogP contribution is 2.40. The Bertz CT molecular complexity index is 1160. The fourth-order valence-corrected chi connectivity index (χ4v) is 8.78. The Hall–Kier alpha value is -2.29. The van der Waals surface area contributed by atoms with Crippen molar-refractivity contribution in [3.05, 3.63) is 90.0 Å². The maximum atomic E-state index is 12.3. The molecule has 0 saturated carbocycles. The van der Waals surface area contributed by atoms with Crippen LogP contribution in [-0.4, -0.2) is 26.6 Å². The van der Waals surface area contributed by atoms with E-state index in [4.69, 9.17) is 5.14 Å². The molecule has 0 fully saturated rings. The van der Waals surface area contributed by atoms with Crippen LogP contribution in [0.15, 0.2) is 83.8 Å². The molecular weight excluding hydrogens is 450 g/mol. The van der Waals surface area contributed by atoms with Crippen molar-refractivity contribution in [2.45, 2.75) is 56.1 Å². The van der Waals surface area contributed by atoms with Crippen molar-refractivity contribution in [3.63, 3.8) is 0 Å². The van der Waals surface area contributed by atoms with E-state index in [9.17, 15) is 18.3 Å². The molecule has 0 aliphatic rings. The molecule has 33 heavy (non-hydrogen) atoms. The van der Waals surface area contributed by atoms with Gasteiger partial charge in [-0.15, -0.1) is 0 Å². The lowest BCUT2D eigenvalue weighted by atomic mass is 9.89. The smallest absolute Gasteiger partial charge is 0.258 e. The summed E-state index contributed by atoms with van der Waals surface area (Å²) in [5.74, 6) is 0. The molecule has 0 radical (unpaired) electrons. The second-order valence-electron chi connectivity index (χ2n) is 9.75. The molecule has 0 aliphatic heterocycles. The summed E-state index contributed by atoms with van der Waals surface area (Å²) in [4.78, 5) is 12.4. The topological polar surface area (TPSA) is 101 Å². The predicted molar refractivity (Wildman–Crippen MR) is 136 cm³/mol. The van der Waals surface area contributed by atoms with Crippen LogP contribution in [0.2, 0.25) is 5.04 Å². The van der Waals surface area contributed by atoms with Crippen molar-refractivity contribution in [2.24, 2.45) is 5.14 Å². The van der Waals surface area contributed by atoms with Gasteiger partial charge in [0.15, 0.2) is 0 Å². The number of hydrogen-bond acceptors (Lipinski definition) is 4. The zero-order valence-electron chi connectivity index (χ0n) is 19.6. The van der Waals surface area contributed by atoms with Crippen LogP contribution in [0.3, 0.4) is 0 Å². The van der Waals surface area contributed by atoms with Crippen LogP contribution < -0.4 is 15.5 Å². The van der Waals surface area contributed by atoms with Crippen LogP contribution in [0.25, 0.3) is 0 Å². The first-order valence-corrected chi connectivity index (χ1v) is 14.5. The lowest BCUT2D eigenvalue weighted by molar-refractivity contribution is 0.0774. The Labute approximate surface area is 198 Å². The van der Waals surface area contributed by atoms with Gasteiger partial charge in [0.2, 0.25) is 10.0 Å². The zero-order chi connectivity index (χ0) is 24.5. The van der Waals surface area contributed by atoms with Gasteiger partial charge in [-0.25, -0.2) is 13.6 Å².